The van der Waals surface area contributed by atoms with Gasteiger partial charge in [0.15, 0.2) is 5.78 Å². The van der Waals surface area contributed by atoms with E-state index in [0.717, 1.165) is 22.0 Å². The third-order valence-corrected chi connectivity index (χ3v) is 6.46. The molecule has 0 heterocycles. The summed E-state index contributed by atoms with van der Waals surface area (Å²) in [5, 5.41) is 0. The summed E-state index contributed by atoms with van der Waals surface area (Å²) in [5.41, 5.74) is 0.220. The fourth-order valence-corrected chi connectivity index (χ4v) is 4.67. The van der Waals surface area contributed by atoms with E-state index < -0.39 is 0 Å². The maximum Gasteiger partial charge on any atom is 0.175 e. The smallest absolute Gasteiger partial charge is 0.175 e. The predicted molar refractivity (Wildman–Crippen MR) is 81.9 cm³/mol. The number of allylic oxidation sites excluding steroid dienone is 6. The van der Waals surface area contributed by atoms with Crippen LogP contribution in [0.25, 0.3) is 0 Å². The van der Waals surface area contributed by atoms with E-state index in [2.05, 4.69) is 12.2 Å². The molecular formula is C15H16O2S2. The maximum atomic E-state index is 12.9. The molecule has 0 saturated heterocycles. The molecule has 0 spiro atoms. The molecule has 0 aliphatic heterocycles. The highest BCUT2D eigenvalue weighted by Gasteiger charge is 2.74. The summed E-state index contributed by atoms with van der Waals surface area (Å²) in [6, 6.07) is 0. The van der Waals surface area contributed by atoms with Crippen molar-refractivity contribution in [3.8, 4) is 0 Å². The van der Waals surface area contributed by atoms with Gasteiger partial charge in [0, 0.05) is 5.57 Å². The number of carbonyl (C=O) groups is 1. The second kappa shape index (κ2) is 4.32. The fourth-order valence-electron chi connectivity index (χ4n) is 3.26. The molecule has 1 fully saturated rings. The topological polar surface area (TPSA) is 26.3 Å². The van der Waals surface area contributed by atoms with Crippen molar-refractivity contribution < 1.29 is 9.53 Å². The van der Waals surface area contributed by atoms with Crippen LogP contribution in [-0.2, 0) is 9.53 Å². The van der Waals surface area contributed by atoms with Gasteiger partial charge < -0.3 is 4.74 Å². The number of ether oxygens (including phenoxy) is 1. The van der Waals surface area contributed by atoms with E-state index in [0.29, 0.717) is 0 Å². The van der Waals surface area contributed by atoms with E-state index in [1.807, 2.05) is 30.7 Å². The van der Waals surface area contributed by atoms with Crippen LogP contribution in [0.5, 0.6) is 0 Å². The zero-order valence-electron chi connectivity index (χ0n) is 11.2. The minimum atomic E-state index is -0.381. The van der Waals surface area contributed by atoms with Crippen LogP contribution >= 0.6 is 23.5 Å². The molecule has 2 nitrogen and oxygen atoms in total. The van der Waals surface area contributed by atoms with Gasteiger partial charge in [-0.3, -0.25) is 4.79 Å². The van der Waals surface area contributed by atoms with Crippen LogP contribution in [0.3, 0.4) is 0 Å². The molecule has 3 rings (SSSR count). The largest absolute Gasteiger partial charge is 0.500 e. The SMILES string of the molecule is COC1=CC(=C(SC)SC)C(=O)C23C=CC=CC12C3. The molecule has 3 aliphatic rings. The number of methoxy groups -OCH3 is 1. The van der Waals surface area contributed by atoms with Crippen LogP contribution in [0.15, 0.2) is 45.9 Å². The van der Waals surface area contributed by atoms with Crippen LogP contribution in [0, 0.1) is 10.8 Å². The van der Waals surface area contributed by atoms with Gasteiger partial charge in [-0.2, -0.15) is 0 Å². The van der Waals surface area contributed by atoms with Crippen molar-refractivity contribution in [3.05, 3.63) is 45.9 Å². The average Bonchev–Trinajstić information content (AvgIpc) is 3.14. The van der Waals surface area contributed by atoms with Gasteiger partial charge in [0.05, 0.1) is 22.2 Å². The molecule has 0 radical (unpaired) electrons. The maximum absolute atomic E-state index is 12.9. The van der Waals surface area contributed by atoms with E-state index in [9.17, 15) is 4.79 Å². The summed E-state index contributed by atoms with van der Waals surface area (Å²) in [6.45, 7) is 0. The highest BCUT2D eigenvalue weighted by atomic mass is 32.2. The van der Waals surface area contributed by atoms with Gasteiger partial charge in [-0.1, -0.05) is 24.3 Å². The molecule has 100 valence electrons. The van der Waals surface area contributed by atoms with Gasteiger partial charge in [0.1, 0.15) is 5.76 Å². The molecule has 0 aromatic rings. The molecule has 19 heavy (non-hydrogen) atoms. The zero-order chi connectivity index (χ0) is 13.7. The summed E-state index contributed by atoms with van der Waals surface area (Å²) in [5.74, 6) is 1.16. The number of rotatable bonds is 3. The lowest BCUT2D eigenvalue weighted by molar-refractivity contribution is -0.119. The Kier molecular flexibility index (Phi) is 2.98. The van der Waals surface area contributed by atoms with Crippen LogP contribution in [0.2, 0.25) is 0 Å². The molecule has 0 aromatic heterocycles. The van der Waals surface area contributed by atoms with Gasteiger partial charge in [-0.25, -0.2) is 0 Å². The molecule has 1 saturated carbocycles. The van der Waals surface area contributed by atoms with Crippen LogP contribution in [-0.4, -0.2) is 25.4 Å². The van der Waals surface area contributed by atoms with Crippen molar-refractivity contribution in [1.82, 2.24) is 0 Å². The van der Waals surface area contributed by atoms with Crippen molar-refractivity contribution >= 4 is 29.3 Å². The Morgan fingerprint density at radius 1 is 1.21 bits per heavy atom. The van der Waals surface area contributed by atoms with Crippen molar-refractivity contribution in [2.75, 3.05) is 19.6 Å². The van der Waals surface area contributed by atoms with Crippen molar-refractivity contribution in [1.29, 1.82) is 0 Å². The van der Waals surface area contributed by atoms with E-state index in [4.69, 9.17) is 4.74 Å². The lowest BCUT2D eigenvalue weighted by atomic mass is 9.77. The minimum Gasteiger partial charge on any atom is -0.500 e. The number of carbonyl (C=O) groups excluding carboxylic acids is 1. The Morgan fingerprint density at radius 3 is 2.42 bits per heavy atom. The van der Waals surface area contributed by atoms with Crippen molar-refractivity contribution in [3.63, 3.8) is 0 Å². The first-order valence-electron chi connectivity index (χ1n) is 6.15. The lowest BCUT2D eigenvalue weighted by Crippen LogP contribution is -2.30. The highest BCUT2D eigenvalue weighted by molar-refractivity contribution is 8.21. The molecule has 2 unspecified atom stereocenters. The number of Topliss-reactive ketones (excluding diaryl/α,β-unsaturated/α-hetero) is 1. The summed E-state index contributed by atoms with van der Waals surface area (Å²) in [4.78, 5) is 12.9. The zero-order valence-corrected chi connectivity index (χ0v) is 12.9. The lowest BCUT2D eigenvalue weighted by Gasteiger charge is -2.29. The Hall–Kier alpha value is -0.870. The van der Waals surface area contributed by atoms with Gasteiger partial charge in [0.2, 0.25) is 0 Å². The third kappa shape index (κ3) is 1.50. The Morgan fingerprint density at radius 2 is 1.84 bits per heavy atom. The summed E-state index contributed by atoms with van der Waals surface area (Å²) < 4.78 is 6.66. The first-order chi connectivity index (χ1) is 9.15. The quantitative estimate of drug-likeness (QED) is 0.743. The first kappa shape index (κ1) is 13.1. The Bertz CT molecular complexity index is 565. The summed E-state index contributed by atoms with van der Waals surface area (Å²) in [6.07, 6.45) is 15.0. The van der Waals surface area contributed by atoms with E-state index in [1.165, 1.54) is 0 Å². The van der Waals surface area contributed by atoms with Gasteiger partial charge >= 0.3 is 0 Å². The highest BCUT2D eigenvalue weighted by Crippen LogP contribution is 2.74. The number of thioether (sulfide) groups is 2. The third-order valence-electron chi connectivity index (χ3n) is 4.28. The van der Waals surface area contributed by atoms with Gasteiger partial charge in [-0.15, -0.1) is 23.5 Å². The first-order valence-corrected chi connectivity index (χ1v) is 8.60. The van der Waals surface area contributed by atoms with E-state index in [1.54, 1.807) is 30.6 Å². The number of hydrogen-bond acceptors (Lipinski definition) is 4. The van der Waals surface area contributed by atoms with Crippen molar-refractivity contribution in [2.24, 2.45) is 10.8 Å². The molecule has 0 bridgehead atoms. The Labute approximate surface area is 122 Å². The summed E-state index contributed by atoms with van der Waals surface area (Å²) in [7, 11) is 1.70. The van der Waals surface area contributed by atoms with E-state index in [-0.39, 0.29) is 16.6 Å². The molecule has 0 amide bonds. The van der Waals surface area contributed by atoms with Crippen LogP contribution in [0.4, 0.5) is 0 Å². The summed E-state index contributed by atoms with van der Waals surface area (Å²) >= 11 is 3.25. The van der Waals surface area contributed by atoms with Gasteiger partial charge in [-0.05, 0) is 25.0 Å². The molecule has 2 atom stereocenters. The Balaban J connectivity index is 2.19. The number of ketones is 1. The molecular weight excluding hydrogens is 276 g/mol. The molecule has 4 heteroatoms. The fraction of sp³-hybridized carbons (Fsp3) is 0.400. The molecule has 0 aromatic carbocycles. The monoisotopic (exact) mass is 292 g/mol. The normalized spacial score (nSPS) is 34.6. The van der Waals surface area contributed by atoms with Crippen LogP contribution < -0.4 is 0 Å². The minimum absolute atomic E-state index is 0.209. The van der Waals surface area contributed by atoms with Gasteiger partial charge in [0.25, 0.3) is 0 Å². The second-order valence-corrected chi connectivity index (χ2v) is 6.88. The second-order valence-electron chi connectivity index (χ2n) is 4.99. The van der Waals surface area contributed by atoms with Crippen molar-refractivity contribution in [2.45, 2.75) is 6.42 Å². The molecule has 0 N–H and O–H groups in total. The standard InChI is InChI=1S/C15H16O2S2/c1-17-11-8-10(13(18-2)19-3)12(16)15-7-5-4-6-14(11,15)9-15/h4-8H,9H2,1-3H3. The average molecular weight is 292 g/mol. The molecule has 3 aliphatic carbocycles. The van der Waals surface area contributed by atoms with Crippen LogP contribution in [0.1, 0.15) is 6.42 Å². The predicted octanol–water partition coefficient (Wildman–Crippen LogP) is 3.54. The van der Waals surface area contributed by atoms with E-state index >= 15 is 0 Å². The number of hydrogen-bond donors (Lipinski definition) is 0.